The van der Waals surface area contributed by atoms with E-state index in [2.05, 4.69) is 31.4 Å². The maximum absolute atomic E-state index is 14.6. The highest BCUT2D eigenvalue weighted by atomic mass is 32.2. The summed E-state index contributed by atoms with van der Waals surface area (Å²) in [5, 5.41) is 5.67. The third-order valence-corrected chi connectivity index (χ3v) is 8.60. The third-order valence-electron chi connectivity index (χ3n) is 6.79. The molecule has 0 aliphatic heterocycles. The van der Waals surface area contributed by atoms with Gasteiger partial charge in [-0.1, -0.05) is 63.2 Å². The van der Waals surface area contributed by atoms with E-state index in [1.165, 1.54) is 32.3 Å². The molecule has 0 aliphatic rings. The molecule has 224 valence electrons. The van der Waals surface area contributed by atoms with Crippen LogP contribution in [0.15, 0.2) is 97.1 Å². The Balaban J connectivity index is 1.44. The highest BCUT2D eigenvalue weighted by Gasteiger charge is 2.27. The molecule has 43 heavy (non-hydrogen) atoms. The molecule has 0 aliphatic carbocycles. The van der Waals surface area contributed by atoms with Crippen molar-refractivity contribution in [2.24, 2.45) is 0 Å². The molecule has 2 N–H and O–H groups in total. The summed E-state index contributed by atoms with van der Waals surface area (Å²) in [6, 6.07) is 26.3. The summed E-state index contributed by atoms with van der Waals surface area (Å²) < 4.78 is 42.5. The Labute approximate surface area is 252 Å². The van der Waals surface area contributed by atoms with Crippen molar-refractivity contribution < 1.29 is 22.4 Å². The van der Waals surface area contributed by atoms with Gasteiger partial charge in [0, 0.05) is 36.6 Å². The molecular formula is C33H35FN4O4S. The Bertz CT molecular complexity index is 1720. The third kappa shape index (κ3) is 7.65. The van der Waals surface area contributed by atoms with E-state index in [0.717, 1.165) is 14.2 Å². The number of nitrogens with zero attached hydrogens (tertiary/aromatic N) is 2. The molecule has 0 heterocycles. The second kappa shape index (κ2) is 12.8. The summed E-state index contributed by atoms with van der Waals surface area (Å²) in [6.45, 7) is 6.19. The fraction of sp³-hybridized carbons (Fsp3) is 0.212. The summed E-state index contributed by atoms with van der Waals surface area (Å²) in [4.78, 5) is 25.8. The van der Waals surface area contributed by atoms with Gasteiger partial charge in [0.15, 0.2) is 0 Å². The van der Waals surface area contributed by atoms with Gasteiger partial charge in [-0.3, -0.25) is 13.9 Å². The van der Waals surface area contributed by atoms with Gasteiger partial charge in [-0.25, -0.2) is 4.39 Å². The summed E-state index contributed by atoms with van der Waals surface area (Å²) >= 11 is 0. The number of hydrogen-bond donors (Lipinski definition) is 2. The van der Waals surface area contributed by atoms with Crippen LogP contribution in [0.2, 0.25) is 0 Å². The van der Waals surface area contributed by atoms with E-state index in [1.807, 2.05) is 12.1 Å². The highest BCUT2D eigenvalue weighted by Crippen LogP contribution is 2.26. The summed E-state index contributed by atoms with van der Waals surface area (Å²) in [5.41, 5.74) is 3.46. The highest BCUT2D eigenvalue weighted by molar-refractivity contribution is 7.90. The largest absolute Gasteiger partial charge is 0.322 e. The van der Waals surface area contributed by atoms with Crippen LogP contribution in [0.25, 0.3) is 0 Å². The minimum atomic E-state index is -4.00. The van der Waals surface area contributed by atoms with Gasteiger partial charge in [0.2, 0.25) is 0 Å². The number of hydrogen-bond acceptors (Lipinski definition) is 4. The zero-order valence-corrected chi connectivity index (χ0v) is 25.6. The van der Waals surface area contributed by atoms with Crippen molar-refractivity contribution in [3.8, 4) is 0 Å². The van der Waals surface area contributed by atoms with Gasteiger partial charge in [0.05, 0.1) is 12.2 Å². The normalized spacial score (nSPS) is 11.7. The topological polar surface area (TPSA) is 98.8 Å². The maximum atomic E-state index is 14.6. The Hall–Kier alpha value is -4.54. The van der Waals surface area contributed by atoms with E-state index in [1.54, 1.807) is 66.7 Å². The van der Waals surface area contributed by atoms with Crippen molar-refractivity contribution in [2.75, 3.05) is 29.0 Å². The molecule has 0 saturated heterocycles. The maximum Gasteiger partial charge on any atom is 0.303 e. The number of carbonyl (C=O) groups excluding carboxylic acids is 2. The van der Waals surface area contributed by atoms with Crippen molar-refractivity contribution in [3.63, 3.8) is 0 Å². The number of nitrogens with one attached hydrogen (secondary N) is 2. The summed E-state index contributed by atoms with van der Waals surface area (Å²) in [6.07, 6.45) is 0. The average Bonchev–Trinajstić information content (AvgIpc) is 2.96. The molecule has 2 amide bonds. The van der Waals surface area contributed by atoms with Gasteiger partial charge < -0.3 is 10.6 Å². The van der Waals surface area contributed by atoms with Crippen LogP contribution in [0.1, 0.15) is 52.6 Å². The number of rotatable bonds is 9. The zero-order chi connectivity index (χ0) is 31.4. The number of carbonyl (C=O) groups is 2. The van der Waals surface area contributed by atoms with Crippen molar-refractivity contribution in [1.29, 1.82) is 0 Å². The van der Waals surface area contributed by atoms with Crippen LogP contribution in [0, 0.1) is 5.82 Å². The first kappa shape index (κ1) is 31.4. The number of halogens is 1. The van der Waals surface area contributed by atoms with E-state index in [-0.39, 0.29) is 29.5 Å². The lowest BCUT2D eigenvalue weighted by atomic mass is 9.87. The minimum absolute atomic E-state index is 0.0173. The predicted octanol–water partition coefficient (Wildman–Crippen LogP) is 6.44. The molecule has 10 heteroatoms. The van der Waals surface area contributed by atoms with Gasteiger partial charge in [-0.15, -0.1) is 0 Å². The predicted molar refractivity (Wildman–Crippen MR) is 169 cm³/mol. The minimum Gasteiger partial charge on any atom is -0.322 e. The van der Waals surface area contributed by atoms with E-state index >= 15 is 0 Å². The Morgan fingerprint density at radius 2 is 1.26 bits per heavy atom. The molecule has 0 atom stereocenters. The number of para-hydroxylation sites is 1. The van der Waals surface area contributed by atoms with Crippen LogP contribution in [0.5, 0.6) is 0 Å². The van der Waals surface area contributed by atoms with E-state index < -0.39 is 16.0 Å². The number of benzene rings is 4. The second-order valence-electron chi connectivity index (χ2n) is 11.3. The van der Waals surface area contributed by atoms with E-state index in [9.17, 15) is 22.4 Å². The quantitative estimate of drug-likeness (QED) is 0.230. The van der Waals surface area contributed by atoms with Gasteiger partial charge in [-0.2, -0.15) is 12.7 Å². The van der Waals surface area contributed by atoms with Gasteiger partial charge in [0.1, 0.15) is 5.82 Å². The molecule has 4 aromatic rings. The molecule has 0 radical (unpaired) electrons. The van der Waals surface area contributed by atoms with Crippen LogP contribution in [-0.2, 0) is 22.2 Å². The van der Waals surface area contributed by atoms with Crippen molar-refractivity contribution >= 4 is 39.1 Å². The Morgan fingerprint density at radius 3 is 1.74 bits per heavy atom. The Morgan fingerprint density at radius 1 is 0.744 bits per heavy atom. The molecule has 4 aromatic carbocycles. The number of anilines is 3. The summed E-state index contributed by atoms with van der Waals surface area (Å²) in [7, 11) is -1.25. The average molecular weight is 603 g/mol. The summed E-state index contributed by atoms with van der Waals surface area (Å²) in [5.74, 6) is -1.32. The van der Waals surface area contributed by atoms with Crippen molar-refractivity contribution in [2.45, 2.75) is 32.7 Å². The van der Waals surface area contributed by atoms with E-state index in [0.29, 0.717) is 28.1 Å². The standard InChI is InChI=1S/C33H35FN4O4S/c1-33(2,3)26-19-17-25(18-20-26)32(40)36-28-10-8-9-27(21-28)35-31(39)24-15-13-23(14-16-24)22-38(43(41,42)37(4)5)30-12-7-6-11-29(30)34/h6-21H,22H2,1-5H3,(H,35,39)(H,36,40). The molecule has 0 spiro atoms. The fourth-order valence-corrected chi connectivity index (χ4v) is 5.38. The molecule has 0 aromatic heterocycles. The molecule has 0 bridgehead atoms. The molecule has 0 unspecified atom stereocenters. The second-order valence-corrected chi connectivity index (χ2v) is 13.3. The lowest BCUT2D eigenvalue weighted by Crippen LogP contribution is -2.40. The first-order valence-electron chi connectivity index (χ1n) is 13.6. The lowest BCUT2D eigenvalue weighted by molar-refractivity contribution is 0.101. The molecular weight excluding hydrogens is 567 g/mol. The fourth-order valence-electron chi connectivity index (χ4n) is 4.27. The SMILES string of the molecule is CN(C)S(=O)(=O)N(Cc1ccc(C(=O)Nc2cccc(NC(=O)c3ccc(C(C)(C)C)cc3)c2)cc1)c1ccccc1F. The van der Waals surface area contributed by atoms with Crippen LogP contribution < -0.4 is 14.9 Å². The van der Waals surface area contributed by atoms with Crippen molar-refractivity contribution in [1.82, 2.24) is 4.31 Å². The molecule has 0 fully saturated rings. The van der Waals surface area contributed by atoms with Gasteiger partial charge in [0.25, 0.3) is 11.8 Å². The molecule has 8 nitrogen and oxygen atoms in total. The number of amides is 2. The van der Waals surface area contributed by atoms with Crippen molar-refractivity contribution in [3.05, 3.63) is 125 Å². The van der Waals surface area contributed by atoms with Crippen LogP contribution >= 0.6 is 0 Å². The lowest BCUT2D eigenvalue weighted by Gasteiger charge is -2.27. The zero-order valence-electron chi connectivity index (χ0n) is 24.8. The monoisotopic (exact) mass is 602 g/mol. The molecule has 0 saturated carbocycles. The Kier molecular flexibility index (Phi) is 9.32. The first-order valence-corrected chi connectivity index (χ1v) is 15.0. The van der Waals surface area contributed by atoms with E-state index in [4.69, 9.17) is 0 Å². The van der Waals surface area contributed by atoms with Crippen LogP contribution in [0.4, 0.5) is 21.5 Å². The first-order chi connectivity index (χ1) is 20.3. The molecule has 4 rings (SSSR count). The van der Waals surface area contributed by atoms with Gasteiger partial charge >= 0.3 is 10.2 Å². The van der Waals surface area contributed by atoms with Gasteiger partial charge in [-0.05, 0) is 71.1 Å². The smallest absolute Gasteiger partial charge is 0.303 e. The van der Waals surface area contributed by atoms with Crippen LogP contribution in [0.3, 0.4) is 0 Å². The van der Waals surface area contributed by atoms with Crippen LogP contribution in [-0.4, -0.2) is 38.6 Å².